The van der Waals surface area contributed by atoms with Gasteiger partial charge in [0.1, 0.15) is 30.5 Å². The van der Waals surface area contributed by atoms with Crippen LogP contribution in [0.15, 0.2) is 157 Å². The minimum absolute atomic E-state index is 0.0167. The summed E-state index contributed by atoms with van der Waals surface area (Å²) in [6.07, 6.45) is -4.72. The molecule has 1 saturated heterocycles. The van der Waals surface area contributed by atoms with Crippen molar-refractivity contribution in [3.8, 4) is 6.07 Å². The zero-order valence-corrected chi connectivity index (χ0v) is 29.0. The summed E-state index contributed by atoms with van der Waals surface area (Å²) in [5, 5.41) is 9.00. The summed E-state index contributed by atoms with van der Waals surface area (Å²) in [6, 6.07) is 48.8. The lowest BCUT2D eigenvalue weighted by atomic mass is 9.92. The number of ether oxygens (including phenoxy) is 5. The van der Waals surface area contributed by atoms with Gasteiger partial charge < -0.3 is 23.7 Å². The van der Waals surface area contributed by atoms with Gasteiger partial charge in [0.25, 0.3) is 0 Å². The maximum absolute atomic E-state index is 14.2. The molecule has 0 amide bonds. The standard InChI is InChI=1S/C42H41NO7S/c43-26-38(51(44,45)36-24-14-5-15-25-36)40-42(49-30-35-22-12-4-13-23-35)41(48-29-34-20-10-3-11-21-34)39(47-28-33-18-8-2-9-19-33)37(50-40)31-46-27-32-16-6-1-7-17-32/h1-25,37-42H,27-31H2/t37-,38?,39-,40+,41+,42+/m1/s1. The van der Waals surface area contributed by atoms with Gasteiger partial charge in [-0.3, -0.25) is 0 Å². The number of nitriles is 1. The molecule has 1 fully saturated rings. The molecular weight excluding hydrogens is 663 g/mol. The molecule has 6 atom stereocenters. The summed E-state index contributed by atoms with van der Waals surface area (Å²) >= 11 is 0. The van der Waals surface area contributed by atoms with E-state index in [1.165, 1.54) is 12.1 Å². The molecule has 1 aliphatic heterocycles. The van der Waals surface area contributed by atoms with Crippen LogP contribution in [0.2, 0.25) is 0 Å². The van der Waals surface area contributed by atoms with Crippen molar-refractivity contribution < 1.29 is 32.1 Å². The van der Waals surface area contributed by atoms with Crippen LogP contribution >= 0.6 is 0 Å². The highest BCUT2D eigenvalue weighted by Crippen LogP contribution is 2.35. The van der Waals surface area contributed by atoms with Gasteiger partial charge in [-0.1, -0.05) is 140 Å². The van der Waals surface area contributed by atoms with Gasteiger partial charge in [-0.15, -0.1) is 0 Å². The SMILES string of the molecule is N#CC([C@@H]1O[C@H](COCc2ccccc2)[C@@H](OCc2ccccc2)[C@H](OCc2ccccc2)[C@H]1OCc1ccccc1)S(=O)(=O)c1ccccc1. The molecular formula is C42H41NO7S. The lowest BCUT2D eigenvalue weighted by Crippen LogP contribution is -2.64. The Morgan fingerprint density at radius 3 is 1.39 bits per heavy atom. The topological polar surface area (TPSA) is 104 Å². The molecule has 0 radical (unpaired) electrons. The van der Waals surface area contributed by atoms with E-state index >= 15 is 0 Å². The number of rotatable bonds is 16. The zero-order valence-electron chi connectivity index (χ0n) is 28.1. The molecule has 1 aliphatic rings. The highest BCUT2D eigenvalue weighted by atomic mass is 32.2. The Kier molecular flexibility index (Phi) is 12.8. The van der Waals surface area contributed by atoms with Gasteiger partial charge in [-0.25, -0.2) is 8.42 Å². The maximum Gasteiger partial charge on any atom is 0.197 e. The van der Waals surface area contributed by atoms with Crippen LogP contribution < -0.4 is 0 Å². The van der Waals surface area contributed by atoms with E-state index in [-0.39, 0.29) is 31.3 Å². The Bertz CT molecular complexity index is 1910. The second-order valence-electron chi connectivity index (χ2n) is 12.3. The van der Waals surface area contributed by atoms with Gasteiger partial charge in [0.2, 0.25) is 0 Å². The molecule has 0 aliphatic carbocycles. The van der Waals surface area contributed by atoms with Gasteiger partial charge in [0, 0.05) is 0 Å². The third-order valence-electron chi connectivity index (χ3n) is 8.75. The van der Waals surface area contributed by atoms with Crippen molar-refractivity contribution in [2.45, 2.75) is 67.1 Å². The molecule has 262 valence electrons. The van der Waals surface area contributed by atoms with Crippen LogP contribution in [-0.2, 0) is 59.9 Å². The van der Waals surface area contributed by atoms with Crippen molar-refractivity contribution in [3.63, 3.8) is 0 Å². The van der Waals surface area contributed by atoms with E-state index in [1.54, 1.807) is 18.2 Å². The molecule has 0 aromatic heterocycles. The molecule has 1 unspecified atom stereocenters. The number of sulfone groups is 1. The molecule has 0 N–H and O–H groups in total. The smallest absolute Gasteiger partial charge is 0.197 e. The number of hydrogen-bond acceptors (Lipinski definition) is 8. The molecule has 0 bridgehead atoms. The first kappa shape index (κ1) is 36.1. The van der Waals surface area contributed by atoms with Crippen LogP contribution in [0.5, 0.6) is 0 Å². The Labute approximate surface area is 300 Å². The second-order valence-corrected chi connectivity index (χ2v) is 14.4. The fraction of sp³-hybridized carbons (Fsp3) is 0.262. The maximum atomic E-state index is 14.2. The monoisotopic (exact) mass is 703 g/mol. The number of benzene rings is 5. The largest absolute Gasteiger partial charge is 0.374 e. The molecule has 9 heteroatoms. The van der Waals surface area contributed by atoms with E-state index in [9.17, 15) is 13.7 Å². The summed E-state index contributed by atoms with van der Waals surface area (Å²) < 4.78 is 61.3. The van der Waals surface area contributed by atoms with Crippen molar-refractivity contribution in [2.75, 3.05) is 6.61 Å². The molecule has 1 heterocycles. The third kappa shape index (κ3) is 9.57. The molecule has 6 rings (SSSR count). The highest BCUT2D eigenvalue weighted by molar-refractivity contribution is 7.92. The van der Waals surface area contributed by atoms with Gasteiger partial charge in [0.15, 0.2) is 15.1 Å². The van der Waals surface area contributed by atoms with Crippen molar-refractivity contribution in [2.24, 2.45) is 0 Å². The molecule has 5 aromatic carbocycles. The van der Waals surface area contributed by atoms with Crippen LogP contribution in [0.4, 0.5) is 0 Å². The average Bonchev–Trinajstić information content (AvgIpc) is 3.18. The Hall–Kier alpha value is -4.66. The van der Waals surface area contributed by atoms with Gasteiger partial charge in [-0.2, -0.15) is 5.26 Å². The van der Waals surface area contributed by atoms with Gasteiger partial charge >= 0.3 is 0 Å². The molecule has 51 heavy (non-hydrogen) atoms. The van der Waals surface area contributed by atoms with Crippen LogP contribution in [0.25, 0.3) is 0 Å². The first-order chi connectivity index (χ1) is 25.0. The van der Waals surface area contributed by atoms with E-state index in [1.807, 2.05) is 121 Å². The first-order valence-corrected chi connectivity index (χ1v) is 18.5. The molecule has 8 nitrogen and oxygen atoms in total. The molecule has 0 saturated carbocycles. The van der Waals surface area contributed by atoms with E-state index < -0.39 is 45.6 Å². The lowest BCUT2D eigenvalue weighted by molar-refractivity contribution is -0.270. The second kappa shape index (κ2) is 18.0. The highest BCUT2D eigenvalue weighted by Gasteiger charge is 2.54. The minimum atomic E-state index is -4.22. The van der Waals surface area contributed by atoms with Crippen molar-refractivity contribution >= 4 is 9.84 Å². The summed E-state index contributed by atoms with van der Waals surface area (Å²) in [5.74, 6) is 0. The lowest BCUT2D eigenvalue weighted by Gasteiger charge is -2.47. The first-order valence-electron chi connectivity index (χ1n) is 16.9. The predicted octanol–water partition coefficient (Wildman–Crippen LogP) is 7.09. The van der Waals surface area contributed by atoms with E-state index in [2.05, 4.69) is 6.07 Å². The summed E-state index contributed by atoms with van der Waals surface area (Å²) in [5.41, 5.74) is 3.69. The number of nitrogens with zero attached hydrogens (tertiary/aromatic N) is 1. The van der Waals surface area contributed by atoms with E-state index in [4.69, 9.17) is 23.7 Å². The number of hydrogen-bond donors (Lipinski definition) is 0. The summed E-state index contributed by atoms with van der Waals surface area (Å²) in [4.78, 5) is 0.0167. The van der Waals surface area contributed by atoms with Crippen molar-refractivity contribution in [1.82, 2.24) is 0 Å². The normalized spacial score (nSPS) is 21.0. The minimum Gasteiger partial charge on any atom is -0.374 e. The van der Waals surface area contributed by atoms with Crippen LogP contribution in [0, 0.1) is 11.3 Å². The third-order valence-corrected chi connectivity index (χ3v) is 10.7. The summed E-state index contributed by atoms with van der Waals surface area (Å²) in [6.45, 7) is 0.889. The Balaban J connectivity index is 1.40. The van der Waals surface area contributed by atoms with Crippen molar-refractivity contribution in [1.29, 1.82) is 5.26 Å². The van der Waals surface area contributed by atoms with Gasteiger partial charge in [-0.05, 0) is 34.4 Å². The summed E-state index contributed by atoms with van der Waals surface area (Å²) in [7, 11) is -4.22. The Morgan fingerprint density at radius 1 is 0.549 bits per heavy atom. The van der Waals surface area contributed by atoms with E-state index in [0.29, 0.717) is 6.61 Å². The molecule has 5 aromatic rings. The van der Waals surface area contributed by atoms with Gasteiger partial charge in [0.05, 0.1) is 44.0 Å². The van der Waals surface area contributed by atoms with E-state index in [0.717, 1.165) is 22.3 Å². The van der Waals surface area contributed by atoms with Crippen molar-refractivity contribution in [3.05, 3.63) is 174 Å². The fourth-order valence-corrected chi connectivity index (χ4v) is 7.69. The zero-order chi connectivity index (χ0) is 35.3. The fourth-order valence-electron chi connectivity index (χ4n) is 6.14. The van der Waals surface area contributed by atoms with Crippen LogP contribution in [-0.4, -0.2) is 50.8 Å². The van der Waals surface area contributed by atoms with Crippen LogP contribution in [0.1, 0.15) is 22.3 Å². The predicted molar refractivity (Wildman–Crippen MR) is 193 cm³/mol. The average molecular weight is 704 g/mol. The molecule has 0 spiro atoms. The quantitative estimate of drug-likeness (QED) is 0.107. The Morgan fingerprint density at radius 2 is 0.941 bits per heavy atom. The van der Waals surface area contributed by atoms with Crippen LogP contribution in [0.3, 0.4) is 0 Å².